The molecule has 0 unspecified atom stereocenters. The normalized spacial score (nSPS) is 28.1. The Balaban J connectivity index is 1.78. The van der Waals surface area contributed by atoms with Crippen molar-refractivity contribution in [3.05, 3.63) is 71.3 Å². The molecule has 0 aromatic heterocycles. The van der Waals surface area contributed by atoms with Gasteiger partial charge in [0.25, 0.3) is 0 Å². The number of rotatable bonds is 2. The minimum Gasteiger partial charge on any atom is -0.303 e. The van der Waals surface area contributed by atoms with Crippen LogP contribution in [0.25, 0.3) is 0 Å². The summed E-state index contributed by atoms with van der Waals surface area (Å²) in [6, 6.07) is 20.3. The van der Waals surface area contributed by atoms with Crippen LogP contribution in [0.4, 0.5) is 0 Å². The highest BCUT2D eigenvalue weighted by atomic mass is 15.1. The van der Waals surface area contributed by atoms with E-state index in [4.69, 9.17) is 0 Å². The zero-order valence-corrected chi connectivity index (χ0v) is 12.7. The van der Waals surface area contributed by atoms with Gasteiger partial charge in [0, 0.05) is 18.4 Å². The highest BCUT2D eigenvalue weighted by Gasteiger charge is 2.43. The molecule has 21 heavy (non-hydrogen) atoms. The fraction of sp³-hybridized carbons (Fsp3) is 0.400. The highest BCUT2D eigenvalue weighted by Crippen LogP contribution is 2.52. The van der Waals surface area contributed by atoms with Crippen LogP contribution in [-0.4, -0.2) is 24.5 Å². The number of fused-ring (bicyclic) bond motifs is 3. The van der Waals surface area contributed by atoms with Gasteiger partial charge in [0.15, 0.2) is 0 Å². The van der Waals surface area contributed by atoms with Gasteiger partial charge in [-0.2, -0.15) is 0 Å². The molecule has 1 fully saturated rings. The molecule has 1 saturated heterocycles. The second-order valence-corrected chi connectivity index (χ2v) is 6.47. The first-order chi connectivity index (χ1) is 10.4. The lowest BCUT2D eigenvalue weighted by Crippen LogP contribution is -2.38. The van der Waals surface area contributed by atoms with E-state index in [0.29, 0.717) is 5.92 Å². The Morgan fingerprint density at radius 2 is 1.67 bits per heavy atom. The maximum absolute atomic E-state index is 2.62. The van der Waals surface area contributed by atoms with Crippen LogP contribution in [0.15, 0.2) is 54.6 Å². The third kappa shape index (κ3) is 2.11. The van der Waals surface area contributed by atoms with Crippen molar-refractivity contribution in [2.24, 2.45) is 5.92 Å². The number of nitrogens with zero attached hydrogens (tertiary/aromatic N) is 1. The molecule has 0 N–H and O–H groups in total. The van der Waals surface area contributed by atoms with Gasteiger partial charge < -0.3 is 4.90 Å². The van der Waals surface area contributed by atoms with Crippen molar-refractivity contribution in [1.82, 2.24) is 4.90 Å². The maximum atomic E-state index is 2.62. The van der Waals surface area contributed by atoms with Gasteiger partial charge in [-0.05, 0) is 42.1 Å². The molecule has 2 aliphatic rings. The Hall–Kier alpha value is -1.60. The Kier molecular flexibility index (Phi) is 3.31. The summed E-state index contributed by atoms with van der Waals surface area (Å²) in [5.74, 6) is 2.11. The monoisotopic (exact) mass is 277 g/mol. The van der Waals surface area contributed by atoms with Gasteiger partial charge >= 0.3 is 0 Å². The zero-order chi connectivity index (χ0) is 14.2. The standard InChI is InChI=1S/C20H23N/c1-2-21-13-12-18-19(14-21)16-10-6-7-11-17(16)20(18)15-8-4-3-5-9-15/h3-11,18-20H,2,12-14H2,1H3/t18-,19-,20-/m1/s1. The molecule has 2 aromatic carbocycles. The van der Waals surface area contributed by atoms with E-state index < -0.39 is 0 Å². The number of hydrogen-bond donors (Lipinski definition) is 0. The molecule has 1 nitrogen and oxygen atoms in total. The van der Waals surface area contributed by atoms with E-state index in [1.54, 1.807) is 11.1 Å². The van der Waals surface area contributed by atoms with Crippen LogP contribution >= 0.6 is 0 Å². The van der Waals surface area contributed by atoms with E-state index >= 15 is 0 Å². The third-order valence-corrected chi connectivity index (χ3v) is 5.51. The average molecular weight is 277 g/mol. The quantitative estimate of drug-likeness (QED) is 0.793. The lowest BCUT2D eigenvalue weighted by Gasteiger charge is -2.37. The van der Waals surface area contributed by atoms with E-state index in [1.807, 2.05) is 0 Å². The molecule has 4 rings (SSSR count). The van der Waals surface area contributed by atoms with Crippen LogP contribution in [0, 0.1) is 5.92 Å². The Labute approximate surface area is 127 Å². The predicted octanol–water partition coefficient (Wildman–Crippen LogP) is 4.26. The molecule has 0 saturated carbocycles. The smallest absolute Gasteiger partial charge is 0.0127 e. The fourth-order valence-electron chi connectivity index (χ4n) is 4.50. The molecule has 0 radical (unpaired) electrons. The van der Waals surface area contributed by atoms with Gasteiger partial charge in [0.2, 0.25) is 0 Å². The molecule has 108 valence electrons. The summed E-state index contributed by atoms with van der Waals surface area (Å²) in [6.45, 7) is 5.97. The third-order valence-electron chi connectivity index (χ3n) is 5.51. The van der Waals surface area contributed by atoms with Crippen LogP contribution in [-0.2, 0) is 0 Å². The van der Waals surface area contributed by atoms with Crippen molar-refractivity contribution >= 4 is 0 Å². The molecule has 1 aliphatic heterocycles. The molecule has 0 bridgehead atoms. The predicted molar refractivity (Wildman–Crippen MR) is 87.7 cm³/mol. The van der Waals surface area contributed by atoms with Crippen LogP contribution in [0.1, 0.15) is 41.9 Å². The number of benzene rings is 2. The number of likely N-dealkylation sites (tertiary alicyclic amines) is 1. The summed E-state index contributed by atoms with van der Waals surface area (Å²) >= 11 is 0. The fourth-order valence-corrected chi connectivity index (χ4v) is 4.50. The summed E-state index contributed by atoms with van der Waals surface area (Å²) in [6.07, 6.45) is 1.33. The lowest BCUT2D eigenvalue weighted by molar-refractivity contribution is 0.167. The Morgan fingerprint density at radius 1 is 0.952 bits per heavy atom. The lowest BCUT2D eigenvalue weighted by atomic mass is 9.78. The van der Waals surface area contributed by atoms with E-state index in [9.17, 15) is 0 Å². The van der Waals surface area contributed by atoms with Gasteiger partial charge in [-0.1, -0.05) is 61.5 Å². The van der Waals surface area contributed by atoms with E-state index in [2.05, 4.69) is 66.4 Å². The summed E-state index contributed by atoms with van der Waals surface area (Å²) in [4.78, 5) is 2.62. The van der Waals surface area contributed by atoms with Crippen molar-refractivity contribution in [1.29, 1.82) is 0 Å². The first-order valence-electron chi connectivity index (χ1n) is 8.24. The first kappa shape index (κ1) is 13.1. The van der Waals surface area contributed by atoms with Crippen LogP contribution in [0.3, 0.4) is 0 Å². The summed E-state index contributed by atoms with van der Waals surface area (Å²) in [7, 11) is 0. The highest BCUT2D eigenvalue weighted by molar-refractivity contribution is 5.46. The van der Waals surface area contributed by atoms with Crippen LogP contribution in [0.2, 0.25) is 0 Å². The number of piperidine rings is 1. The van der Waals surface area contributed by atoms with Crippen molar-refractivity contribution < 1.29 is 0 Å². The zero-order valence-electron chi connectivity index (χ0n) is 12.7. The Morgan fingerprint density at radius 3 is 2.43 bits per heavy atom. The molecular weight excluding hydrogens is 254 g/mol. The van der Waals surface area contributed by atoms with Gasteiger partial charge in [-0.3, -0.25) is 0 Å². The largest absolute Gasteiger partial charge is 0.303 e. The molecule has 2 aromatic rings. The second kappa shape index (κ2) is 5.31. The van der Waals surface area contributed by atoms with Gasteiger partial charge in [0.1, 0.15) is 0 Å². The van der Waals surface area contributed by atoms with Crippen LogP contribution in [0.5, 0.6) is 0 Å². The minimum atomic E-state index is 0.603. The molecule has 1 aliphatic carbocycles. The van der Waals surface area contributed by atoms with E-state index in [0.717, 1.165) is 11.8 Å². The Bertz CT molecular complexity index is 619. The molecule has 3 atom stereocenters. The van der Waals surface area contributed by atoms with Gasteiger partial charge in [0.05, 0.1) is 0 Å². The van der Waals surface area contributed by atoms with Crippen molar-refractivity contribution in [3.8, 4) is 0 Å². The summed E-state index contributed by atoms with van der Waals surface area (Å²) in [5, 5.41) is 0. The van der Waals surface area contributed by atoms with Gasteiger partial charge in [-0.25, -0.2) is 0 Å². The minimum absolute atomic E-state index is 0.603. The second-order valence-electron chi connectivity index (χ2n) is 6.47. The molecule has 0 amide bonds. The topological polar surface area (TPSA) is 3.24 Å². The van der Waals surface area contributed by atoms with Crippen molar-refractivity contribution in [3.63, 3.8) is 0 Å². The number of hydrogen-bond acceptors (Lipinski definition) is 1. The molecule has 0 spiro atoms. The summed E-state index contributed by atoms with van der Waals surface area (Å²) < 4.78 is 0. The maximum Gasteiger partial charge on any atom is 0.0127 e. The summed E-state index contributed by atoms with van der Waals surface area (Å²) in [5.41, 5.74) is 4.69. The SMILES string of the molecule is CCN1CC[C@H]2[C@H](c3ccccc3)c3ccccc3[C@H]2C1. The first-order valence-corrected chi connectivity index (χ1v) is 8.24. The molecule has 1 heteroatoms. The van der Waals surface area contributed by atoms with Crippen molar-refractivity contribution in [2.75, 3.05) is 19.6 Å². The van der Waals surface area contributed by atoms with E-state index in [-0.39, 0.29) is 0 Å². The molecule has 1 heterocycles. The molecular formula is C20H23N. The van der Waals surface area contributed by atoms with E-state index in [1.165, 1.54) is 31.6 Å². The number of likely N-dealkylation sites (N-methyl/N-ethyl adjacent to an activating group) is 1. The van der Waals surface area contributed by atoms with Crippen LogP contribution < -0.4 is 0 Å². The van der Waals surface area contributed by atoms with Crippen molar-refractivity contribution in [2.45, 2.75) is 25.2 Å². The average Bonchev–Trinajstić information content (AvgIpc) is 2.89. The van der Waals surface area contributed by atoms with Gasteiger partial charge in [-0.15, -0.1) is 0 Å².